The fourth-order valence-corrected chi connectivity index (χ4v) is 4.50. The largest absolute Gasteiger partial charge is 0.492 e. The quantitative estimate of drug-likeness (QED) is 0.464. The molecule has 4 rings (SSSR count). The van der Waals surface area contributed by atoms with Crippen molar-refractivity contribution in [3.05, 3.63) is 30.0 Å². The standard InChI is InChI=1S/C22H27N5O5S/c1-4-32-16-6-5-7-17-19(16)25-22(33-17)27(9-8-26-10-12-31-13-11-26)20(28)15-14-18(29-2)24-21(23-15)30-3/h5-7,14H,4,8-13H2,1-3H3. The molecular formula is C22H27N5O5S. The monoisotopic (exact) mass is 473 g/mol. The molecule has 1 amide bonds. The number of para-hydroxylation sites is 1. The zero-order valence-corrected chi connectivity index (χ0v) is 19.8. The van der Waals surface area contributed by atoms with Crippen molar-refractivity contribution >= 4 is 32.6 Å². The molecular weight excluding hydrogens is 446 g/mol. The Labute approximate surface area is 196 Å². The third-order valence-corrected chi connectivity index (χ3v) is 6.23. The van der Waals surface area contributed by atoms with E-state index in [-0.39, 0.29) is 23.5 Å². The Morgan fingerprint density at radius 3 is 2.73 bits per heavy atom. The zero-order chi connectivity index (χ0) is 23.2. The van der Waals surface area contributed by atoms with Crippen LogP contribution in [-0.4, -0.2) is 86.0 Å². The van der Waals surface area contributed by atoms with E-state index in [1.54, 1.807) is 4.90 Å². The lowest BCUT2D eigenvalue weighted by Gasteiger charge is -2.29. The Morgan fingerprint density at radius 2 is 2.00 bits per heavy atom. The van der Waals surface area contributed by atoms with E-state index in [0.29, 0.717) is 43.8 Å². The molecule has 0 unspecified atom stereocenters. The average molecular weight is 474 g/mol. The summed E-state index contributed by atoms with van der Waals surface area (Å²) in [5.41, 5.74) is 0.909. The summed E-state index contributed by atoms with van der Waals surface area (Å²) in [5.74, 6) is 0.643. The second-order valence-corrected chi connectivity index (χ2v) is 8.23. The van der Waals surface area contributed by atoms with Gasteiger partial charge >= 0.3 is 6.01 Å². The van der Waals surface area contributed by atoms with Crippen LogP contribution in [0.1, 0.15) is 17.4 Å². The first-order chi connectivity index (χ1) is 16.1. The van der Waals surface area contributed by atoms with Gasteiger partial charge in [0.1, 0.15) is 17.0 Å². The number of amides is 1. The molecule has 0 spiro atoms. The van der Waals surface area contributed by atoms with Crippen molar-refractivity contribution in [3.63, 3.8) is 0 Å². The summed E-state index contributed by atoms with van der Waals surface area (Å²) in [6, 6.07) is 7.35. The van der Waals surface area contributed by atoms with Gasteiger partial charge in [-0.3, -0.25) is 14.6 Å². The second kappa shape index (κ2) is 10.7. The van der Waals surface area contributed by atoms with Crippen molar-refractivity contribution < 1.29 is 23.7 Å². The topological polar surface area (TPSA) is 99.1 Å². The number of carbonyl (C=O) groups excluding carboxylic acids is 1. The first kappa shape index (κ1) is 23.1. The van der Waals surface area contributed by atoms with E-state index in [1.165, 1.54) is 31.6 Å². The van der Waals surface area contributed by atoms with E-state index in [2.05, 4.69) is 14.9 Å². The summed E-state index contributed by atoms with van der Waals surface area (Å²) in [5, 5.41) is 0.576. The number of methoxy groups -OCH3 is 2. The van der Waals surface area contributed by atoms with Gasteiger partial charge in [-0.25, -0.2) is 4.98 Å². The minimum Gasteiger partial charge on any atom is -0.492 e. The minimum absolute atomic E-state index is 0.0637. The lowest BCUT2D eigenvalue weighted by molar-refractivity contribution is 0.0391. The highest BCUT2D eigenvalue weighted by atomic mass is 32.1. The first-order valence-corrected chi connectivity index (χ1v) is 11.6. The summed E-state index contributed by atoms with van der Waals surface area (Å²) in [4.78, 5) is 30.7. The van der Waals surface area contributed by atoms with E-state index in [9.17, 15) is 4.79 Å². The maximum absolute atomic E-state index is 13.7. The lowest BCUT2D eigenvalue weighted by Crippen LogP contribution is -2.43. The molecule has 1 aliphatic rings. The van der Waals surface area contributed by atoms with Crippen molar-refractivity contribution in [1.29, 1.82) is 0 Å². The molecule has 1 fully saturated rings. The number of carbonyl (C=O) groups is 1. The number of nitrogens with zero attached hydrogens (tertiary/aromatic N) is 5. The fraction of sp³-hybridized carbons (Fsp3) is 0.455. The number of fused-ring (bicyclic) bond motifs is 1. The Kier molecular flexibility index (Phi) is 7.53. The first-order valence-electron chi connectivity index (χ1n) is 10.7. The number of morpholine rings is 1. The highest BCUT2D eigenvalue weighted by molar-refractivity contribution is 7.22. The van der Waals surface area contributed by atoms with Crippen molar-refractivity contribution in [2.24, 2.45) is 0 Å². The van der Waals surface area contributed by atoms with Gasteiger partial charge in [-0.05, 0) is 19.1 Å². The molecule has 0 N–H and O–H groups in total. The molecule has 1 aliphatic heterocycles. The highest BCUT2D eigenvalue weighted by Gasteiger charge is 2.26. The van der Waals surface area contributed by atoms with E-state index in [0.717, 1.165) is 23.3 Å². The summed E-state index contributed by atoms with van der Waals surface area (Å²) in [6.45, 7) is 6.61. The number of anilines is 1. The lowest BCUT2D eigenvalue weighted by atomic mass is 10.3. The molecule has 11 heteroatoms. The molecule has 0 radical (unpaired) electrons. The molecule has 176 valence electrons. The number of aromatic nitrogens is 3. The number of benzene rings is 1. The van der Waals surface area contributed by atoms with Gasteiger partial charge in [0.15, 0.2) is 5.13 Å². The number of hydrogen-bond donors (Lipinski definition) is 0. The van der Waals surface area contributed by atoms with Crippen LogP contribution in [0.25, 0.3) is 10.2 Å². The summed E-state index contributed by atoms with van der Waals surface area (Å²) >= 11 is 1.44. The van der Waals surface area contributed by atoms with Crippen molar-refractivity contribution in [3.8, 4) is 17.6 Å². The van der Waals surface area contributed by atoms with E-state index < -0.39 is 0 Å². The van der Waals surface area contributed by atoms with Crippen LogP contribution in [0.5, 0.6) is 17.6 Å². The van der Waals surface area contributed by atoms with Crippen LogP contribution in [-0.2, 0) is 4.74 Å². The molecule has 1 saturated heterocycles. The summed E-state index contributed by atoms with van der Waals surface area (Å²) in [6.07, 6.45) is 0. The molecule has 10 nitrogen and oxygen atoms in total. The smallest absolute Gasteiger partial charge is 0.320 e. The number of thiazole rings is 1. The molecule has 2 aromatic heterocycles. The van der Waals surface area contributed by atoms with Gasteiger partial charge in [-0.15, -0.1) is 0 Å². The molecule has 0 bridgehead atoms. The Hall–Kier alpha value is -3.02. The van der Waals surface area contributed by atoms with Crippen LogP contribution in [0.3, 0.4) is 0 Å². The molecule has 3 aromatic rings. The minimum atomic E-state index is -0.306. The van der Waals surface area contributed by atoms with Crippen LogP contribution >= 0.6 is 11.3 Å². The third-order valence-electron chi connectivity index (χ3n) is 5.18. The summed E-state index contributed by atoms with van der Waals surface area (Å²) in [7, 11) is 2.93. The van der Waals surface area contributed by atoms with Crippen LogP contribution in [0, 0.1) is 0 Å². The normalized spacial score (nSPS) is 14.3. The number of hydrogen-bond acceptors (Lipinski definition) is 10. The van der Waals surface area contributed by atoms with Crippen LogP contribution in [0.4, 0.5) is 5.13 Å². The highest BCUT2D eigenvalue weighted by Crippen LogP contribution is 2.35. The van der Waals surface area contributed by atoms with E-state index in [1.807, 2.05) is 25.1 Å². The Bertz CT molecular complexity index is 1080. The SMILES string of the molecule is CCOc1cccc2sc(N(CCN3CCOCC3)C(=O)c3cc(OC)nc(OC)n3)nc12. The second-order valence-electron chi connectivity index (χ2n) is 7.23. The van der Waals surface area contributed by atoms with Crippen LogP contribution in [0.2, 0.25) is 0 Å². The zero-order valence-electron chi connectivity index (χ0n) is 18.9. The maximum Gasteiger partial charge on any atom is 0.320 e. The third kappa shape index (κ3) is 5.32. The van der Waals surface area contributed by atoms with Gasteiger partial charge in [0.2, 0.25) is 5.88 Å². The molecule has 0 atom stereocenters. The van der Waals surface area contributed by atoms with Gasteiger partial charge in [0.05, 0.1) is 38.7 Å². The van der Waals surface area contributed by atoms with Gasteiger partial charge in [-0.2, -0.15) is 9.97 Å². The number of rotatable bonds is 9. The molecule has 33 heavy (non-hydrogen) atoms. The fourth-order valence-electron chi connectivity index (χ4n) is 3.50. The van der Waals surface area contributed by atoms with Gasteiger partial charge < -0.3 is 18.9 Å². The average Bonchev–Trinajstić information content (AvgIpc) is 3.29. The Morgan fingerprint density at radius 1 is 1.18 bits per heavy atom. The summed E-state index contributed by atoms with van der Waals surface area (Å²) < 4.78 is 22.5. The van der Waals surface area contributed by atoms with Gasteiger partial charge in [0.25, 0.3) is 5.91 Å². The van der Waals surface area contributed by atoms with E-state index >= 15 is 0 Å². The maximum atomic E-state index is 13.7. The predicted octanol–water partition coefficient (Wildman–Crippen LogP) is 2.48. The Balaban J connectivity index is 1.69. The van der Waals surface area contributed by atoms with Gasteiger partial charge in [-0.1, -0.05) is 17.4 Å². The van der Waals surface area contributed by atoms with Gasteiger partial charge in [0, 0.05) is 32.2 Å². The van der Waals surface area contributed by atoms with Crippen molar-refractivity contribution in [1.82, 2.24) is 19.9 Å². The van der Waals surface area contributed by atoms with Crippen molar-refractivity contribution in [2.45, 2.75) is 6.92 Å². The van der Waals surface area contributed by atoms with Crippen LogP contribution in [0.15, 0.2) is 24.3 Å². The molecule has 0 saturated carbocycles. The van der Waals surface area contributed by atoms with E-state index in [4.69, 9.17) is 23.9 Å². The molecule has 1 aromatic carbocycles. The van der Waals surface area contributed by atoms with Crippen LogP contribution < -0.4 is 19.1 Å². The number of ether oxygens (including phenoxy) is 4. The molecule has 3 heterocycles. The van der Waals surface area contributed by atoms with Crippen molar-refractivity contribution in [2.75, 3.05) is 65.1 Å². The molecule has 0 aliphatic carbocycles. The predicted molar refractivity (Wildman–Crippen MR) is 125 cm³/mol.